The largest absolute Gasteiger partial charge is 0.453 e. The van der Waals surface area contributed by atoms with Crippen molar-refractivity contribution in [2.75, 3.05) is 26.0 Å². The first-order valence-electron chi connectivity index (χ1n) is 9.15. The first-order valence-corrected chi connectivity index (χ1v) is 9.15. The fourth-order valence-electron chi connectivity index (χ4n) is 3.35. The standard InChI is InChI=1S/C22H23N3O2/c1-14(26)10-11-23-19-13-21-22(17-7-5-4-6-16(17)19)24-18-9-8-15(25(2)3)12-20(18)27-21/h4-9,12-13,15,23H,10-11H2,1-3H3. The highest BCUT2D eigenvalue weighted by atomic mass is 16.5. The molecule has 1 aliphatic heterocycles. The number of carbonyl (C=O) groups excluding carboxylic acids is 1. The van der Waals surface area contributed by atoms with Gasteiger partial charge in [-0.2, -0.15) is 0 Å². The summed E-state index contributed by atoms with van der Waals surface area (Å²) < 4.78 is 6.24. The minimum absolute atomic E-state index is 0.170. The number of fused-ring (bicyclic) bond motifs is 4. The third-order valence-corrected chi connectivity index (χ3v) is 4.85. The molecule has 1 aliphatic carbocycles. The average molecular weight is 361 g/mol. The van der Waals surface area contributed by atoms with Gasteiger partial charge in [0.2, 0.25) is 0 Å². The van der Waals surface area contributed by atoms with Gasteiger partial charge in [-0.1, -0.05) is 30.3 Å². The van der Waals surface area contributed by atoms with Crippen molar-refractivity contribution in [3.05, 3.63) is 54.3 Å². The number of benzene rings is 2. The highest BCUT2D eigenvalue weighted by Crippen LogP contribution is 2.44. The maximum atomic E-state index is 11.3. The smallest absolute Gasteiger partial charge is 0.155 e. The number of hydrogen-bond donors (Lipinski definition) is 1. The lowest BCUT2D eigenvalue weighted by molar-refractivity contribution is -0.116. The number of aliphatic imine (C=N–C) groups is 1. The van der Waals surface area contributed by atoms with E-state index in [1.807, 2.05) is 38.4 Å². The molecule has 2 aromatic rings. The summed E-state index contributed by atoms with van der Waals surface area (Å²) in [7, 11) is 4.07. The van der Waals surface area contributed by atoms with Crippen LogP contribution in [0.4, 0.5) is 11.4 Å². The summed E-state index contributed by atoms with van der Waals surface area (Å²) in [6.45, 7) is 2.21. The minimum atomic E-state index is 0.170. The second-order valence-electron chi connectivity index (χ2n) is 7.14. The van der Waals surface area contributed by atoms with E-state index in [9.17, 15) is 4.79 Å². The SMILES string of the molecule is CC(=O)CCNc1cc2c(c3ccccc13)N=C1C=CC(N(C)C)C=C1O2. The molecule has 0 amide bonds. The zero-order valence-electron chi connectivity index (χ0n) is 15.8. The molecule has 138 valence electrons. The maximum absolute atomic E-state index is 11.3. The summed E-state index contributed by atoms with van der Waals surface area (Å²) >= 11 is 0. The lowest BCUT2D eigenvalue weighted by Crippen LogP contribution is -2.29. The Balaban J connectivity index is 1.77. The van der Waals surface area contributed by atoms with Gasteiger partial charge >= 0.3 is 0 Å². The van der Waals surface area contributed by atoms with Crippen molar-refractivity contribution < 1.29 is 9.53 Å². The summed E-state index contributed by atoms with van der Waals surface area (Å²) in [5.41, 5.74) is 2.66. The predicted octanol–water partition coefficient (Wildman–Crippen LogP) is 4.08. The zero-order valence-corrected chi connectivity index (χ0v) is 15.8. The third kappa shape index (κ3) is 3.38. The fraction of sp³-hybridized carbons (Fsp3) is 0.273. The molecule has 0 aromatic heterocycles. The Morgan fingerprint density at radius 3 is 2.78 bits per heavy atom. The quantitative estimate of drug-likeness (QED) is 0.872. The number of Topliss-reactive ketones (excluding diaryl/α,β-unsaturated/α-hetero) is 1. The van der Waals surface area contributed by atoms with E-state index in [0.717, 1.165) is 39.4 Å². The van der Waals surface area contributed by atoms with Crippen molar-refractivity contribution in [2.45, 2.75) is 19.4 Å². The number of anilines is 1. The van der Waals surface area contributed by atoms with Crippen LogP contribution in [0.25, 0.3) is 10.8 Å². The van der Waals surface area contributed by atoms with Crippen LogP contribution in [-0.2, 0) is 4.79 Å². The summed E-state index contributed by atoms with van der Waals surface area (Å²) in [4.78, 5) is 18.3. The summed E-state index contributed by atoms with van der Waals surface area (Å²) in [6.07, 6.45) is 6.72. The monoisotopic (exact) mass is 361 g/mol. The number of likely N-dealkylation sites (N-methyl/N-ethyl adjacent to an activating group) is 1. The van der Waals surface area contributed by atoms with E-state index in [-0.39, 0.29) is 11.8 Å². The van der Waals surface area contributed by atoms with E-state index >= 15 is 0 Å². The van der Waals surface area contributed by atoms with E-state index in [0.29, 0.717) is 13.0 Å². The number of hydrogen-bond acceptors (Lipinski definition) is 5. The number of rotatable bonds is 5. The Morgan fingerprint density at radius 2 is 2.04 bits per heavy atom. The highest BCUT2D eigenvalue weighted by Gasteiger charge is 2.24. The molecule has 0 spiro atoms. The number of nitrogens with zero attached hydrogens (tertiary/aromatic N) is 2. The number of allylic oxidation sites excluding steroid dienone is 1. The first kappa shape index (κ1) is 17.5. The van der Waals surface area contributed by atoms with Crippen molar-refractivity contribution >= 4 is 33.6 Å². The molecule has 5 heteroatoms. The number of carbonyl (C=O) groups is 1. The second-order valence-corrected chi connectivity index (χ2v) is 7.14. The van der Waals surface area contributed by atoms with Gasteiger partial charge in [-0.25, -0.2) is 4.99 Å². The van der Waals surface area contributed by atoms with Gasteiger partial charge in [-0.05, 0) is 33.2 Å². The zero-order chi connectivity index (χ0) is 19.0. The average Bonchev–Trinajstić information content (AvgIpc) is 2.66. The van der Waals surface area contributed by atoms with Gasteiger partial charge in [-0.15, -0.1) is 0 Å². The van der Waals surface area contributed by atoms with Gasteiger partial charge in [0.05, 0.1) is 0 Å². The fourth-order valence-corrected chi connectivity index (χ4v) is 3.35. The van der Waals surface area contributed by atoms with Crippen molar-refractivity contribution in [3.63, 3.8) is 0 Å². The third-order valence-electron chi connectivity index (χ3n) is 4.85. The van der Waals surface area contributed by atoms with E-state index < -0.39 is 0 Å². The molecule has 0 fully saturated rings. The molecule has 27 heavy (non-hydrogen) atoms. The van der Waals surface area contributed by atoms with Crippen LogP contribution in [0.1, 0.15) is 13.3 Å². The van der Waals surface area contributed by atoms with Crippen LogP contribution in [0.15, 0.2) is 59.3 Å². The van der Waals surface area contributed by atoms with Crippen LogP contribution in [0.5, 0.6) is 5.75 Å². The van der Waals surface area contributed by atoms with Crippen LogP contribution in [0.3, 0.4) is 0 Å². The van der Waals surface area contributed by atoms with Crippen LogP contribution < -0.4 is 10.1 Å². The van der Waals surface area contributed by atoms with Crippen molar-refractivity contribution in [1.29, 1.82) is 0 Å². The van der Waals surface area contributed by atoms with Crippen LogP contribution in [0.2, 0.25) is 0 Å². The van der Waals surface area contributed by atoms with Gasteiger partial charge in [0.15, 0.2) is 11.5 Å². The first-order chi connectivity index (χ1) is 13.0. The Hall–Kier alpha value is -2.92. The second kappa shape index (κ2) is 7.00. The number of ketones is 1. The van der Waals surface area contributed by atoms with Gasteiger partial charge in [0.1, 0.15) is 17.2 Å². The Morgan fingerprint density at radius 1 is 1.26 bits per heavy atom. The van der Waals surface area contributed by atoms with E-state index in [1.165, 1.54) is 0 Å². The lowest BCUT2D eigenvalue weighted by atomic mass is 10.0. The highest BCUT2D eigenvalue weighted by molar-refractivity contribution is 6.14. The number of nitrogens with one attached hydrogen (secondary N) is 1. The molecule has 5 nitrogen and oxygen atoms in total. The maximum Gasteiger partial charge on any atom is 0.155 e. The summed E-state index contributed by atoms with van der Waals surface area (Å²) in [5.74, 6) is 1.69. The molecule has 0 saturated heterocycles. The van der Waals surface area contributed by atoms with E-state index in [4.69, 9.17) is 9.73 Å². The predicted molar refractivity (Wildman–Crippen MR) is 110 cm³/mol. The molecule has 1 atom stereocenters. The Bertz CT molecular complexity index is 1000. The van der Waals surface area contributed by atoms with Crippen LogP contribution >= 0.6 is 0 Å². The molecule has 4 rings (SSSR count). The summed E-state index contributed by atoms with van der Waals surface area (Å²) in [5, 5.41) is 5.49. The molecule has 1 N–H and O–H groups in total. The molecular formula is C22H23N3O2. The minimum Gasteiger partial charge on any atom is -0.453 e. The Labute approximate surface area is 159 Å². The Kier molecular flexibility index (Phi) is 4.54. The molecular weight excluding hydrogens is 338 g/mol. The molecule has 1 unspecified atom stereocenters. The van der Waals surface area contributed by atoms with E-state index in [2.05, 4.69) is 34.5 Å². The lowest BCUT2D eigenvalue weighted by Gasteiger charge is -2.26. The van der Waals surface area contributed by atoms with Crippen LogP contribution in [0, 0.1) is 0 Å². The van der Waals surface area contributed by atoms with Gasteiger partial charge in [-0.3, -0.25) is 9.69 Å². The molecule has 0 saturated carbocycles. The molecule has 0 radical (unpaired) electrons. The van der Waals surface area contributed by atoms with Gasteiger partial charge in [0.25, 0.3) is 0 Å². The molecule has 0 bridgehead atoms. The topological polar surface area (TPSA) is 53.9 Å². The number of ether oxygens (including phenoxy) is 1. The van der Waals surface area contributed by atoms with Gasteiger partial charge < -0.3 is 10.1 Å². The van der Waals surface area contributed by atoms with Crippen molar-refractivity contribution in [2.24, 2.45) is 4.99 Å². The van der Waals surface area contributed by atoms with Crippen molar-refractivity contribution in [3.8, 4) is 5.75 Å². The van der Waals surface area contributed by atoms with E-state index in [1.54, 1.807) is 6.92 Å². The van der Waals surface area contributed by atoms with Crippen molar-refractivity contribution in [1.82, 2.24) is 4.90 Å². The molecule has 2 aromatic carbocycles. The molecule has 2 aliphatic rings. The normalized spacial score (nSPS) is 17.7. The molecule has 1 heterocycles. The summed E-state index contributed by atoms with van der Waals surface area (Å²) in [6, 6.07) is 10.3. The van der Waals surface area contributed by atoms with Crippen LogP contribution in [-0.4, -0.2) is 43.1 Å². The van der Waals surface area contributed by atoms with Gasteiger partial charge in [0, 0.05) is 41.5 Å².